The number of benzene rings is 1. The molecule has 0 aliphatic carbocycles. The van der Waals surface area contributed by atoms with Crippen molar-refractivity contribution in [2.24, 2.45) is 0 Å². The minimum Gasteiger partial charge on any atom is -1.00 e. The van der Waals surface area contributed by atoms with E-state index in [0.717, 1.165) is 28.2 Å². The third kappa shape index (κ3) is 2.01. The van der Waals surface area contributed by atoms with Crippen molar-refractivity contribution < 1.29 is 26.5 Å². The largest absolute Gasteiger partial charge is 1.00 e. The molecule has 1 saturated heterocycles. The van der Waals surface area contributed by atoms with Crippen LogP contribution >= 0.6 is 11.3 Å². The Bertz CT molecular complexity index is 565. The molecule has 1 aromatic carbocycles. The van der Waals surface area contributed by atoms with Crippen LogP contribution < -0.4 is 26.4 Å². The second kappa shape index (κ2) is 4.59. The summed E-state index contributed by atoms with van der Waals surface area (Å²) in [5, 5.41) is 9.36. The lowest BCUT2D eigenvalue weighted by atomic mass is 10.3. The Labute approximate surface area is 107 Å². The summed E-state index contributed by atoms with van der Waals surface area (Å²) in [7, 11) is 0. The number of hydrogen-bond donors (Lipinski definition) is 1. The van der Waals surface area contributed by atoms with Crippen LogP contribution in [0.4, 0.5) is 0 Å². The Balaban J connectivity index is 0.000000963. The van der Waals surface area contributed by atoms with Crippen molar-refractivity contribution in [2.75, 3.05) is 13.1 Å². The van der Waals surface area contributed by atoms with Gasteiger partial charge in [-0.1, -0.05) is 0 Å². The number of nitrogens with zero attached hydrogens (tertiary/aromatic N) is 1. The zero-order valence-corrected chi connectivity index (χ0v) is 11.1. The first-order chi connectivity index (χ1) is 7.33. The molecule has 2 heterocycles. The third-order valence-corrected chi connectivity index (χ3v) is 3.74. The van der Waals surface area contributed by atoms with E-state index in [2.05, 4.69) is 4.58 Å². The van der Waals surface area contributed by atoms with Crippen molar-refractivity contribution in [1.82, 2.24) is 4.58 Å². The van der Waals surface area contributed by atoms with E-state index in [1.807, 2.05) is 6.07 Å². The molecule has 0 spiro atoms. The number of phenols is 1. The van der Waals surface area contributed by atoms with Gasteiger partial charge in [-0.25, -0.2) is 0 Å². The number of aromatic hydroxyl groups is 1. The van der Waals surface area contributed by atoms with Crippen LogP contribution in [0, 0.1) is 0 Å². The first-order valence-electron chi connectivity index (χ1n) is 5.13. The summed E-state index contributed by atoms with van der Waals surface area (Å²) in [5.41, 5.74) is 0.861. The van der Waals surface area contributed by atoms with Crippen molar-refractivity contribution >= 4 is 21.6 Å². The summed E-state index contributed by atoms with van der Waals surface area (Å²) in [6.07, 6.45) is 2.49. The predicted octanol–water partition coefficient (Wildman–Crippen LogP) is -1.23. The van der Waals surface area contributed by atoms with Crippen molar-refractivity contribution in [3.63, 3.8) is 0 Å². The highest BCUT2D eigenvalue weighted by molar-refractivity contribution is 7.16. The molecule has 86 valence electrons. The van der Waals surface area contributed by atoms with E-state index < -0.39 is 0 Å². The molecule has 0 unspecified atom stereocenters. The summed E-state index contributed by atoms with van der Waals surface area (Å²) in [4.78, 5) is 0.966. The first kappa shape index (κ1) is 11.7. The normalized spacial score (nSPS) is 15.4. The second-order valence-electron chi connectivity index (χ2n) is 3.80. The molecule has 0 amide bonds. The van der Waals surface area contributed by atoms with E-state index in [4.69, 9.17) is 4.42 Å². The molecule has 1 N–H and O–H groups in total. The van der Waals surface area contributed by atoms with Gasteiger partial charge in [-0.05, 0) is 23.5 Å². The average molecular weight is 302 g/mol. The highest BCUT2D eigenvalue weighted by Crippen LogP contribution is 2.21. The van der Waals surface area contributed by atoms with Gasteiger partial charge in [0.05, 0.1) is 4.70 Å². The minimum absolute atomic E-state index is 0. The first-order valence-corrected chi connectivity index (χ1v) is 5.95. The molecule has 16 heavy (non-hydrogen) atoms. The molecule has 1 aromatic heterocycles. The van der Waals surface area contributed by atoms with Gasteiger partial charge in [-0.15, -0.1) is 0 Å². The van der Waals surface area contributed by atoms with E-state index in [1.165, 1.54) is 12.8 Å². The Morgan fingerprint density at radius 2 is 2.00 bits per heavy atom. The molecule has 0 bridgehead atoms. The number of rotatable bonds is 0. The van der Waals surface area contributed by atoms with Gasteiger partial charge in [-0.3, -0.25) is 0 Å². The highest BCUT2D eigenvalue weighted by atomic mass is 79.9. The molecule has 5 heteroatoms. The fourth-order valence-corrected chi connectivity index (χ4v) is 2.92. The maximum absolute atomic E-state index is 9.36. The molecular weight excluding hydrogens is 290 g/mol. The molecule has 3 nitrogen and oxygen atoms in total. The van der Waals surface area contributed by atoms with Crippen LogP contribution in [-0.2, 0) is 0 Å². The smallest absolute Gasteiger partial charge is 0.430 e. The zero-order valence-electron chi connectivity index (χ0n) is 8.65. The highest BCUT2D eigenvalue weighted by Gasteiger charge is 2.17. The number of fused-ring (bicyclic) bond motifs is 1. The topological polar surface area (TPSA) is 36.4 Å². The van der Waals surface area contributed by atoms with E-state index in [1.54, 1.807) is 23.5 Å². The molecule has 2 aromatic rings. The fourth-order valence-electron chi connectivity index (χ4n) is 1.90. The van der Waals surface area contributed by atoms with Crippen molar-refractivity contribution in [1.29, 1.82) is 0 Å². The molecule has 0 atom stereocenters. The number of halogens is 1. The van der Waals surface area contributed by atoms with Gasteiger partial charge in [0.1, 0.15) is 18.8 Å². The Morgan fingerprint density at radius 1 is 1.25 bits per heavy atom. The molecule has 3 rings (SSSR count). The van der Waals surface area contributed by atoms with E-state index in [0.29, 0.717) is 5.75 Å². The molecule has 1 aliphatic rings. The van der Waals surface area contributed by atoms with Crippen molar-refractivity contribution in [3.05, 3.63) is 23.1 Å². The molecule has 1 fully saturated rings. The standard InChI is InChI=1S/C11H11NO2S.BrH/c13-8-3-4-9-10(7-8)15-11(14-9)12-5-1-2-6-12;/h3-4,7H,1-2,5-6H2;1H. The van der Waals surface area contributed by atoms with Gasteiger partial charge in [0, 0.05) is 18.9 Å². The minimum atomic E-state index is 0. The SMILES string of the molecule is Oc1ccc2oc(=[N+]3CCCC3)sc2c1.[Br-]. The van der Waals surface area contributed by atoms with Crippen molar-refractivity contribution in [2.45, 2.75) is 12.8 Å². The summed E-state index contributed by atoms with van der Waals surface area (Å²) in [5.74, 6) is 0.299. The van der Waals surface area contributed by atoms with Gasteiger partial charge in [-0.2, -0.15) is 4.58 Å². The van der Waals surface area contributed by atoms with Crippen LogP contribution in [-0.4, -0.2) is 18.2 Å². The van der Waals surface area contributed by atoms with Gasteiger partial charge in [0.25, 0.3) is 0 Å². The molecular formula is C11H12BrNO2S. The predicted molar refractivity (Wildman–Crippen MR) is 60.0 cm³/mol. The van der Waals surface area contributed by atoms with E-state index >= 15 is 0 Å². The van der Waals surface area contributed by atoms with Crippen LogP contribution in [0.5, 0.6) is 5.75 Å². The van der Waals surface area contributed by atoms with E-state index in [9.17, 15) is 5.11 Å². The van der Waals surface area contributed by atoms with Gasteiger partial charge in [0.15, 0.2) is 5.58 Å². The van der Waals surface area contributed by atoms with Crippen LogP contribution in [0.25, 0.3) is 10.3 Å². The van der Waals surface area contributed by atoms with Crippen LogP contribution in [0.15, 0.2) is 22.6 Å². The second-order valence-corrected chi connectivity index (χ2v) is 4.79. The maximum Gasteiger partial charge on any atom is 0.430 e. The van der Waals surface area contributed by atoms with Crippen LogP contribution in [0.2, 0.25) is 0 Å². The summed E-state index contributed by atoms with van der Waals surface area (Å²) in [6, 6.07) is 5.23. The quantitative estimate of drug-likeness (QED) is 0.619. The fraction of sp³-hybridized carbons (Fsp3) is 0.364. The maximum atomic E-state index is 9.36. The van der Waals surface area contributed by atoms with Crippen LogP contribution in [0.1, 0.15) is 12.8 Å². The number of phenolic OH excluding ortho intramolecular Hbond substituents is 1. The summed E-state index contributed by atoms with van der Waals surface area (Å²) in [6.45, 7) is 2.17. The Kier molecular flexibility index (Phi) is 3.35. The number of hydrogen-bond acceptors (Lipinski definition) is 3. The molecule has 1 aliphatic heterocycles. The van der Waals surface area contributed by atoms with Gasteiger partial charge < -0.3 is 26.5 Å². The molecule has 0 radical (unpaired) electrons. The van der Waals surface area contributed by atoms with Gasteiger partial charge >= 0.3 is 4.87 Å². The lowest BCUT2D eigenvalue weighted by Gasteiger charge is -1.87. The lowest BCUT2D eigenvalue weighted by Crippen LogP contribution is -3.00. The van der Waals surface area contributed by atoms with Crippen molar-refractivity contribution in [3.8, 4) is 5.75 Å². The average Bonchev–Trinajstić information content (AvgIpc) is 2.84. The monoisotopic (exact) mass is 301 g/mol. The Morgan fingerprint density at radius 3 is 2.75 bits per heavy atom. The third-order valence-electron chi connectivity index (χ3n) is 2.69. The summed E-state index contributed by atoms with van der Waals surface area (Å²) < 4.78 is 9.02. The van der Waals surface area contributed by atoms with Crippen LogP contribution in [0.3, 0.4) is 0 Å². The lowest BCUT2D eigenvalue weighted by molar-refractivity contribution is -0.00000445. The molecule has 0 saturated carbocycles. The Hall–Kier alpha value is -0.810. The zero-order chi connectivity index (χ0) is 10.3. The van der Waals surface area contributed by atoms with E-state index in [-0.39, 0.29) is 17.0 Å². The van der Waals surface area contributed by atoms with Gasteiger partial charge in [0.2, 0.25) is 0 Å². The summed E-state index contributed by atoms with van der Waals surface area (Å²) >= 11 is 1.61.